The molecule has 0 bridgehead atoms. The van der Waals surface area contributed by atoms with E-state index in [0.29, 0.717) is 12.0 Å². The molecule has 0 radical (unpaired) electrons. The van der Waals surface area contributed by atoms with E-state index < -0.39 is 41.0 Å². The molecule has 2 saturated heterocycles. The van der Waals surface area contributed by atoms with Crippen LogP contribution in [0.5, 0.6) is 0 Å². The van der Waals surface area contributed by atoms with E-state index in [0.717, 1.165) is 11.3 Å². The highest BCUT2D eigenvalue weighted by Crippen LogP contribution is 2.38. The average Bonchev–Trinajstić information content (AvgIpc) is 3.37. The summed E-state index contributed by atoms with van der Waals surface area (Å²) in [7, 11) is 0. The van der Waals surface area contributed by atoms with Crippen molar-refractivity contribution in [2.45, 2.75) is 70.2 Å². The van der Waals surface area contributed by atoms with Crippen LogP contribution in [0.2, 0.25) is 0 Å². The first kappa shape index (κ1) is 27.4. The van der Waals surface area contributed by atoms with Gasteiger partial charge in [0.2, 0.25) is 5.91 Å². The first-order valence-corrected chi connectivity index (χ1v) is 12.4. The number of Topliss-reactive ketones (excluding diaryl/α,β-unsaturated/α-hetero) is 1. The number of nitrogens with zero attached hydrogens (tertiary/aromatic N) is 1. The van der Waals surface area contributed by atoms with Crippen molar-refractivity contribution in [3.63, 3.8) is 0 Å². The van der Waals surface area contributed by atoms with Gasteiger partial charge in [-0.2, -0.15) is 0 Å². The van der Waals surface area contributed by atoms with Gasteiger partial charge in [0, 0.05) is 24.0 Å². The van der Waals surface area contributed by atoms with Crippen LogP contribution >= 0.6 is 11.3 Å². The molecule has 0 unspecified atom stereocenters. The molecule has 8 atom stereocenters. The van der Waals surface area contributed by atoms with Gasteiger partial charge in [-0.3, -0.25) is 19.7 Å². The van der Waals surface area contributed by atoms with E-state index >= 15 is 0 Å². The van der Waals surface area contributed by atoms with E-state index in [1.54, 1.807) is 13.8 Å². The maximum absolute atomic E-state index is 12.2. The molecule has 4 N–H and O–H groups in total. The second-order valence-corrected chi connectivity index (χ2v) is 10.3. The van der Waals surface area contributed by atoms with Gasteiger partial charge in [0.05, 0.1) is 58.9 Å². The van der Waals surface area contributed by atoms with Crippen LogP contribution in [0.15, 0.2) is 23.1 Å². The lowest BCUT2D eigenvalue weighted by atomic mass is 9.85. The summed E-state index contributed by atoms with van der Waals surface area (Å²) in [4.78, 5) is 34.6. The van der Waals surface area contributed by atoms with Crippen LogP contribution in [0.4, 0.5) is 5.69 Å². The van der Waals surface area contributed by atoms with Crippen molar-refractivity contribution in [3.05, 3.63) is 38.1 Å². The Bertz CT molecular complexity index is 963. The lowest BCUT2D eigenvalue weighted by molar-refractivity contribution is -0.384. The molecule has 3 heterocycles. The Hall–Kier alpha value is -2.22. The number of carbonyl (C=O) groups is 2. The van der Waals surface area contributed by atoms with Gasteiger partial charge in [-0.15, -0.1) is 11.3 Å². The summed E-state index contributed by atoms with van der Waals surface area (Å²) < 4.78 is 11.4. The van der Waals surface area contributed by atoms with Crippen molar-refractivity contribution in [1.29, 1.82) is 0 Å². The zero-order valence-corrected chi connectivity index (χ0v) is 20.6. The fourth-order valence-corrected chi connectivity index (χ4v) is 4.98. The molecule has 1 aromatic heterocycles. The molecule has 35 heavy (non-hydrogen) atoms. The van der Waals surface area contributed by atoms with Gasteiger partial charge in [0.15, 0.2) is 5.78 Å². The fourth-order valence-electron chi connectivity index (χ4n) is 4.19. The van der Waals surface area contributed by atoms with Crippen LogP contribution in [0, 0.1) is 22.0 Å². The monoisotopic (exact) mass is 512 g/mol. The molecule has 194 valence electrons. The summed E-state index contributed by atoms with van der Waals surface area (Å²) in [6.45, 7) is 5.23. The topological polar surface area (TPSA) is 172 Å². The minimum absolute atomic E-state index is 0.0163. The van der Waals surface area contributed by atoms with E-state index in [4.69, 9.17) is 9.47 Å². The van der Waals surface area contributed by atoms with Crippen LogP contribution in [0.1, 0.15) is 43.3 Å². The summed E-state index contributed by atoms with van der Waals surface area (Å²) in [5, 5.41) is 45.3. The molecule has 0 spiro atoms. The lowest BCUT2D eigenvalue weighted by Crippen LogP contribution is -2.50. The van der Waals surface area contributed by atoms with Crippen LogP contribution in [0.25, 0.3) is 0 Å². The first-order valence-electron chi connectivity index (χ1n) is 11.5. The van der Waals surface area contributed by atoms with Crippen LogP contribution in [0.3, 0.4) is 0 Å². The number of ketones is 1. The first-order chi connectivity index (χ1) is 16.5. The zero-order valence-electron chi connectivity index (χ0n) is 19.8. The van der Waals surface area contributed by atoms with E-state index in [9.17, 15) is 35.0 Å². The maximum atomic E-state index is 12.2. The van der Waals surface area contributed by atoms with Gasteiger partial charge < -0.3 is 30.1 Å². The second-order valence-electron chi connectivity index (χ2n) is 9.35. The fraction of sp³-hybridized carbons (Fsp3) is 0.652. The Labute approximate surface area is 206 Å². The predicted octanol–water partition coefficient (Wildman–Crippen LogP) is 1.20. The number of aliphatic hydroxyl groups is 3. The molecule has 12 heteroatoms. The Morgan fingerprint density at radius 3 is 2.66 bits per heavy atom. The molecular weight excluding hydrogens is 480 g/mol. The smallest absolute Gasteiger partial charge is 0.280 e. The molecule has 3 rings (SSSR count). The highest BCUT2D eigenvalue weighted by Gasteiger charge is 2.48. The van der Waals surface area contributed by atoms with Crippen LogP contribution in [-0.2, 0) is 14.3 Å². The van der Waals surface area contributed by atoms with E-state index in [1.165, 1.54) is 17.5 Å². The molecule has 0 saturated carbocycles. The van der Waals surface area contributed by atoms with Gasteiger partial charge >= 0.3 is 0 Å². The van der Waals surface area contributed by atoms with Gasteiger partial charge in [0.1, 0.15) is 6.10 Å². The summed E-state index contributed by atoms with van der Waals surface area (Å²) in [5.41, 5.74) is 0.419. The van der Waals surface area contributed by atoms with Crippen molar-refractivity contribution < 1.29 is 39.3 Å². The molecule has 0 aliphatic carbocycles. The molecule has 1 amide bonds. The standard InChI is InChI=1S/C23H32N2O9S/c1-11(5-20(28)24-8-16(27)19-7-15(10-35-19)25(31)32)4-17-22(30)21(29)14(9-33-17)6-18-23(34-18)12(2)13(3)26/h5,7,10,12-14,17-18,21-23,26,29-30H,4,6,8-9H2,1-3H3,(H,24,28)/b11-5+/t12-,13-,14-,17-,18-,21+,22-,23-/m0/s1. The number of epoxide rings is 1. The molecule has 1 aromatic rings. The predicted molar refractivity (Wildman–Crippen MR) is 126 cm³/mol. The number of nitro groups is 1. The number of carbonyl (C=O) groups excluding carboxylic acids is 2. The van der Waals surface area contributed by atoms with Crippen LogP contribution in [-0.4, -0.2) is 81.7 Å². The van der Waals surface area contributed by atoms with Crippen molar-refractivity contribution in [2.24, 2.45) is 11.8 Å². The number of hydrogen-bond acceptors (Lipinski definition) is 10. The third-order valence-electron chi connectivity index (χ3n) is 6.57. The SMILES string of the molecule is C/C(=C\C(=O)NCC(=O)c1cc([N+](=O)[O-])cs1)C[C@@H]1OC[C@H](C[C@@H]2O[C@H]2[C@@H](C)[C@H](C)O)[C@@H](O)[C@H]1O. The average molecular weight is 513 g/mol. The number of rotatable bonds is 11. The number of ether oxygens (including phenoxy) is 2. The molecule has 2 aliphatic heterocycles. The number of amides is 1. The number of aliphatic hydroxyl groups excluding tert-OH is 3. The van der Waals surface area contributed by atoms with Gasteiger partial charge in [-0.25, -0.2) is 0 Å². The zero-order chi connectivity index (χ0) is 25.9. The molecular formula is C23H32N2O9S. The quantitative estimate of drug-likeness (QED) is 0.112. The highest BCUT2D eigenvalue weighted by molar-refractivity contribution is 7.12. The van der Waals surface area contributed by atoms with Crippen molar-refractivity contribution >= 4 is 28.7 Å². The minimum atomic E-state index is -1.14. The molecule has 11 nitrogen and oxygen atoms in total. The Kier molecular flexibility index (Phi) is 9.13. The highest BCUT2D eigenvalue weighted by atomic mass is 32.1. The number of nitrogens with one attached hydrogen (secondary N) is 1. The number of hydrogen-bond donors (Lipinski definition) is 4. The third-order valence-corrected chi connectivity index (χ3v) is 7.53. The lowest BCUT2D eigenvalue weighted by Gasteiger charge is -2.38. The van der Waals surface area contributed by atoms with E-state index in [2.05, 4.69) is 5.32 Å². The minimum Gasteiger partial charge on any atom is -0.393 e. The van der Waals surface area contributed by atoms with Crippen molar-refractivity contribution in [2.75, 3.05) is 13.2 Å². The van der Waals surface area contributed by atoms with E-state index in [-0.39, 0.29) is 54.2 Å². The normalized spacial score (nSPS) is 30.4. The summed E-state index contributed by atoms with van der Waals surface area (Å²) >= 11 is 0.940. The van der Waals surface area contributed by atoms with Gasteiger partial charge in [-0.05, 0) is 26.7 Å². The van der Waals surface area contributed by atoms with Crippen molar-refractivity contribution in [3.8, 4) is 0 Å². The number of thiophene rings is 1. The maximum Gasteiger partial charge on any atom is 0.280 e. The Morgan fingerprint density at radius 1 is 1.31 bits per heavy atom. The Balaban J connectivity index is 1.44. The third kappa shape index (κ3) is 7.15. The van der Waals surface area contributed by atoms with Crippen molar-refractivity contribution in [1.82, 2.24) is 5.32 Å². The summed E-state index contributed by atoms with van der Waals surface area (Å²) in [6.07, 6.45) is -1.45. The van der Waals surface area contributed by atoms with Crippen LogP contribution < -0.4 is 5.32 Å². The second kappa shape index (κ2) is 11.7. The molecule has 2 fully saturated rings. The van der Waals surface area contributed by atoms with Gasteiger partial charge in [0.25, 0.3) is 5.69 Å². The molecule has 0 aromatic carbocycles. The molecule has 2 aliphatic rings. The Morgan fingerprint density at radius 2 is 2.03 bits per heavy atom. The summed E-state index contributed by atoms with van der Waals surface area (Å²) in [5.74, 6) is -1.27. The largest absolute Gasteiger partial charge is 0.393 e. The summed E-state index contributed by atoms with van der Waals surface area (Å²) in [6, 6.07) is 1.17. The van der Waals surface area contributed by atoms with E-state index in [1.807, 2.05) is 6.92 Å². The van der Waals surface area contributed by atoms with Gasteiger partial charge in [-0.1, -0.05) is 12.5 Å².